The zero-order chi connectivity index (χ0) is 11.4. The van der Waals surface area contributed by atoms with Gasteiger partial charge in [0.1, 0.15) is 0 Å². The van der Waals surface area contributed by atoms with Gasteiger partial charge in [0.25, 0.3) is 0 Å². The summed E-state index contributed by atoms with van der Waals surface area (Å²) in [4.78, 5) is 0. The lowest BCUT2D eigenvalue weighted by Crippen LogP contribution is -2.24. The Balaban J connectivity index is 3.08. The summed E-state index contributed by atoms with van der Waals surface area (Å²) in [5.41, 5.74) is 0. The topological polar surface area (TPSA) is 45.0 Å². The molecule has 0 saturated heterocycles. The minimum atomic E-state index is -0.0647. The van der Waals surface area contributed by atoms with Crippen LogP contribution in [0, 0.1) is 11.3 Å². The van der Waals surface area contributed by atoms with Gasteiger partial charge >= 0.3 is 0 Å². The molecule has 0 bridgehead atoms. The molecule has 1 N–H and O–H groups in total. The van der Waals surface area contributed by atoms with Crippen LogP contribution in [0.1, 0.15) is 45.4 Å². The average Bonchev–Trinajstić information content (AvgIpc) is 2.27. The van der Waals surface area contributed by atoms with E-state index < -0.39 is 0 Å². The van der Waals surface area contributed by atoms with E-state index in [1.165, 1.54) is 25.7 Å². The third kappa shape index (κ3) is 9.71. The first-order valence-electron chi connectivity index (χ1n) is 5.99. The minimum absolute atomic E-state index is 0.0647. The lowest BCUT2D eigenvalue weighted by atomic mass is 10.2. The van der Waals surface area contributed by atoms with Gasteiger partial charge in [-0.2, -0.15) is 5.26 Å². The average molecular weight is 212 g/mol. The predicted octanol–water partition coefficient (Wildman–Crippen LogP) is 2.48. The van der Waals surface area contributed by atoms with E-state index >= 15 is 0 Å². The molecule has 0 aliphatic carbocycles. The SMILES string of the molecule is CCCCCCCOCCC(C#N)NC. The second-order valence-electron chi connectivity index (χ2n) is 3.79. The molecule has 0 fully saturated rings. The summed E-state index contributed by atoms with van der Waals surface area (Å²) in [7, 11) is 1.80. The normalized spacial score (nSPS) is 12.3. The summed E-state index contributed by atoms with van der Waals surface area (Å²) in [5, 5.41) is 11.6. The highest BCUT2D eigenvalue weighted by molar-refractivity contribution is 4.87. The first-order valence-corrected chi connectivity index (χ1v) is 5.99. The number of rotatable bonds is 10. The van der Waals surface area contributed by atoms with E-state index in [9.17, 15) is 0 Å². The van der Waals surface area contributed by atoms with Crippen molar-refractivity contribution in [2.75, 3.05) is 20.3 Å². The van der Waals surface area contributed by atoms with Gasteiger partial charge in [-0.1, -0.05) is 32.6 Å². The predicted molar refractivity (Wildman–Crippen MR) is 62.7 cm³/mol. The van der Waals surface area contributed by atoms with Crippen molar-refractivity contribution < 1.29 is 4.74 Å². The Morgan fingerprint density at radius 3 is 2.53 bits per heavy atom. The molecule has 0 aliphatic rings. The fourth-order valence-electron chi connectivity index (χ4n) is 1.38. The third-order valence-corrected chi connectivity index (χ3v) is 2.45. The van der Waals surface area contributed by atoms with Crippen LogP contribution in [-0.4, -0.2) is 26.3 Å². The number of nitrogens with zero attached hydrogens (tertiary/aromatic N) is 1. The van der Waals surface area contributed by atoms with E-state index in [2.05, 4.69) is 18.3 Å². The maximum atomic E-state index is 8.66. The quantitative estimate of drug-likeness (QED) is 0.566. The van der Waals surface area contributed by atoms with Gasteiger partial charge in [0.2, 0.25) is 0 Å². The summed E-state index contributed by atoms with van der Waals surface area (Å²) in [6, 6.07) is 2.11. The van der Waals surface area contributed by atoms with Crippen LogP contribution in [0.5, 0.6) is 0 Å². The molecule has 0 radical (unpaired) electrons. The molecular formula is C12H24N2O. The first-order chi connectivity index (χ1) is 7.35. The van der Waals surface area contributed by atoms with Crippen molar-refractivity contribution in [3.05, 3.63) is 0 Å². The molecule has 0 heterocycles. The Morgan fingerprint density at radius 1 is 1.20 bits per heavy atom. The summed E-state index contributed by atoms with van der Waals surface area (Å²) >= 11 is 0. The second kappa shape index (κ2) is 11.5. The molecule has 0 amide bonds. The zero-order valence-electron chi connectivity index (χ0n) is 10.1. The Kier molecular flexibility index (Phi) is 11.0. The van der Waals surface area contributed by atoms with Crippen LogP contribution < -0.4 is 5.32 Å². The van der Waals surface area contributed by atoms with Gasteiger partial charge in [0, 0.05) is 13.2 Å². The van der Waals surface area contributed by atoms with E-state index in [4.69, 9.17) is 10.00 Å². The number of ether oxygens (including phenoxy) is 1. The molecule has 0 aliphatic heterocycles. The Hall–Kier alpha value is -0.590. The number of hydrogen-bond donors (Lipinski definition) is 1. The smallest absolute Gasteiger partial charge is 0.0972 e. The first kappa shape index (κ1) is 14.4. The highest BCUT2D eigenvalue weighted by Gasteiger charge is 2.02. The van der Waals surface area contributed by atoms with Gasteiger partial charge in [0.15, 0.2) is 0 Å². The molecule has 0 aromatic carbocycles. The molecule has 0 spiro atoms. The monoisotopic (exact) mass is 212 g/mol. The lowest BCUT2D eigenvalue weighted by molar-refractivity contribution is 0.124. The van der Waals surface area contributed by atoms with Gasteiger partial charge in [0.05, 0.1) is 12.1 Å². The standard InChI is InChI=1S/C12H24N2O/c1-3-4-5-6-7-9-15-10-8-12(11-13)14-2/h12,14H,3-10H2,1-2H3. The van der Waals surface area contributed by atoms with E-state index in [0.717, 1.165) is 19.4 Å². The van der Waals surface area contributed by atoms with Crippen LogP contribution in [-0.2, 0) is 4.74 Å². The van der Waals surface area contributed by atoms with Gasteiger partial charge in [-0.15, -0.1) is 0 Å². The summed E-state index contributed by atoms with van der Waals surface area (Å²) in [5.74, 6) is 0. The molecule has 0 rings (SSSR count). The van der Waals surface area contributed by atoms with Crippen molar-refractivity contribution >= 4 is 0 Å². The molecule has 88 valence electrons. The largest absolute Gasteiger partial charge is 0.381 e. The summed E-state index contributed by atoms with van der Waals surface area (Å²) < 4.78 is 5.46. The van der Waals surface area contributed by atoms with E-state index in [1.54, 1.807) is 7.05 Å². The van der Waals surface area contributed by atoms with Crippen LogP contribution in [0.15, 0.2) is 0 Å². The van der Waals surface area contributed by atoms with E-state index in [1.807, 2.05) is 0 Å². The van der Waals surface area contributed by atoms with Crippen LogP contribution in [0.4, 0.5) is 0 Å². The van der Waals surface area contributed by atoms with Gasteiger partial charge < -0.3 is 10.1 Å². The fraction of sp³-hybridized carbons (Fsp3) is 0.917. The molecule has 15 heavy (non-hydrogen) atoms. The zero-order valence-corrected chi connectivity index (χ0v) is 10.1. The molecule has 0 aromatic rings. The molecule has 0 aromatic heterocycles. The van der Waals surface area contributed by atoms with Crippen molar-refractivity contribution in [1.82, 2.24) is 5.32 Å². The van der Waals surface area contributed by atoms with Crippen molar-refractivity contribution in [2.45, 2.75) is 51.5 Å². The van der Waals surface area contributed by atoms with Crippen LogP contribution >= 0.6 is 0 Å². The Bertz CT molecular complexity index is 165. The van der Waals surface area contributed by atoms with Crippen molar-refractivity contribution in [2.24, 2.45) is 0 Å². The van der Waals surface area contributed by atoms with Crippen molar-refractivity contribution in [1.29, 1.82) is 5.26 Å². The van der Waals surface area contributed by atoms with Crippen molar-refractivity contribution in [3.8, 4) is 6.07 Å². The third-order valence-electron chi connectivity index (χ3n) is 2.45. The van der Waals surface area contributed by atoms with Crippen molar-refractivity contribution in [3.63, 3.8) is 0 Å². The molecule has 3 nitrogen and oxygen atoms in total. The van der Waals surface area contributed by atoms with Crippen LogP contribution in [0.2, 0.25) is 0 Å². The molecule has 3 heteroatoms. The van der Waals surface area contributed by atoms with Crippen LogP contribution in [0.25, 0.3) is 0 Å². The maximum absolute atomic E-state index is 8.66. The number of nitrogens with one attached hydrogen (secondary N) is 1. The molecular weight excluding hydrogens is 188 g/mol. The summed E-state index contributed by atoms with van der Waals surface area (Å²) in [6.45, 7) is 3.74. The second-order valence-corrected chi connectivity index (χ2v) is 3.79. The highest BCUT2D eigenvalue weighted by atomic mass is 16.5. The summed E-state index contributed by atoms with van der Waals surface area (Å²) in [6.07, 6.45) is 7.13. The van der Waals surface area contributed by atoms with Gasteiger partial charge in [-0.05, 0) is 19.9 Å². The minimum Gasteiger partial charge on any atom is -0.381 e. The van der Waals surface area contributed by atoms with E-state index in [0.29, 0.717) is 6.61 Å². The number of hydrogen-bond acceptors (Lipinski definition) is 3. The van der Waals surface area contributed by atoms with Gasteiger partial charge in [-0.25, -0.2) is 0 Å². The lowest BCUT2D eigenvalue weighted by Gasteiger charge is -2.07. The molecule has 1 unspecified atom stereocenters. The molecule has 1 atom stereocenters. The number of unbranched alkanes of at least 4 members (excludes halogenated alkanes) is 4. The highest BCUT2D eigenvalue weighted by Crippen LogP contribution is 2.02. The van der Waals surface area contributed by atoms with Crippen LogP contribution in [0.3, 0.4) is 0 Å². The Morgan fingerprint density at radius 2 is 1.93 bits per heavy atom. The Labute approximate surface area is 93.8 Å². The molecule has 0 saturated carbocycles. The fourth-order valence-corrected chi connectivity index (χ4v) is 1.38. The number of nitriles is 1. The maximum Gasteiger partial charge on any atom is 0.0972 e. The van der Waals surface area contributed by atoms with Gasteiger partial charge in [-0.3, -0.25) is 0 Å². The van der Waals surface area contributed by atoms with E-state index in [-0.39, 0.29) is 6.04 Å².